The van der Waals surface area contributed by atoms with Gasteiger partial charge in [-0.2, -0.15) is 0 Å². The molecule has 2 saturated heterocycles. The number of hydrogen-bond acceptors (Lipinski definition) is 14. The van der Waals surface area contributed by atoms with Crippen LogP contribution in [0.15, 0.2) is 0 Å². The van der Waals surface area contributed by atoms with Crippen LogP contribution in [0.2, 0.25) is 0 Å². The Morgan fingerprint density at radius 2 is 1.81 bits per heavy atom. The molecule has 2 aliphatic rings. The summed E-state index contributed by atoms with van der Waals surface area (Å²) >= 11 is 0. The van der Waals surface area contributed by atoms with Gasteiger partial charge in [0.1, 0.15) is 6.10 Å². The van der Waals surface area contributed by atoms with Crippen LogP contribution in [0.3, 0.4) is 0 Å². The molecular weight excluding hydrogens is 493 g/mol. The highest BCUT2D eigenvalue weighted by molar-refractivity contribution is 7.65. The first-order valence-corrected chi connectivity index (χ1v) is 12.8. The monoisotopic (exact) mass is 511 g/mol. The van der Waals surface area contributed by atoms with Crippen LogP contribution in [0.1, 0.15) is 6.92 Å². The molecule has 20 heteroatoms. The molecule has 0 aromatic heterocycles. The van der Waals surface area contributed by atoms with E-state index >= 15 is 0 Å². The van der Waals surface area contributed by atoms with Crippen molar-refractivity contribution in [1.82, 2.24) is 10.2 Å². The van der Waals surface area contributed by atoms with Gasteiger partial charge in [-0.15, -0.1) is 0 Å². The van der Waals surface area contributed by atoms with Crippen LogP contribution in [0, 0.1) is 11.8 Å². The molecule has 0 aromatic rings. The van der Waals surface area contributed by atoms with E-state index in [1.165, 1.54) is 6.92 Å². The largest absolute Gasteiger partial charge is 0.756 e. The number of aliphatic hydroxyl groups excluding tert-OH is 2. The van der Waals surface area contributed by atoms with E-state index in [0.29, 0.717) is 0 Å². The summed E-state index contributed by atoms with van der Waals surface area (Å²) < 4.78 is 49.5. The molecule has 2 fully saturated rings. The highest BCUT2D eigenvalue weighted by Gasteiger charge is 2.49. The van der Waals surface area contributed by atoms with Crippen LogP contribution in [-0.2, 0) is 36.4 Å². The number of phosphoric acid groups is 3. The lowest BCUT2D eigenvalue weighted by Gasteiger charge is -2.35. The van der Waals surface area contributed by atoms with Crippen molar-refractivity contribution >= 4 is 35.4 Å². The molecule has 31 heavy (non-hydrogen) atoms. The Balaban J connectivity index is 2.05. The number of rotatable bonds is 9. The molecule has 0 spiro atoms. The number of ether oxygens (including phenoxy) is 1. The van der Waals surface area contributed by atoms with E-state index in [1.807, 2.05) is 5.32 Å². The predicted molar refractivity (Wildman–Crippen MR) is 87.8 cm³/mol. The normalized spacial score (nSPS) is 35.2. The quantitative estimate of drug-likeness (QED) is 0.217. The molecule has 0 aliphatic carbocycles. The van der Waals surface area contributed by atoms with Crippen molar-refractivity contribution in [3.8, 4) is 0 Å². The fourth-order valence-corrected chi connectivity index (χ4v) is 5.77. The van der Waals surface area contributed by atoms with Crippen molar-refractivity contribution in [3.63, 3.8) is 0 Å². The third-order valence-electron chi connectivity index (χ3n) is 4.25. The van der Waals surface area contributed by atoms with Gasteiger partial charge >= 0.3 is 6.03 Å². The molecule has 0 bridgehead atoms. The minimum Gasteiger partial charge on any atom is -0.756 e. The van der Waals surface area contributed by atoms with Crippen LogP contribution < -0.4 is 20.0 Å². The van der Waals surface area contributed by atoms with Crippen LogP contribution in [0.25, 0.3) is 0 Å². The summed E-state index contributed by atoms with van der Waals surface area (Å²) in [7, 11) is -17.8. The third kappa shape index (κ3) is 7.11. The topological polar surface area (TPSA) is 267 Å². The molecule has 0 aromatic carbocycles. The molecule has 17 nitrogen and oxygen atoms in total. The van der Waals surface area contributed by atoms with Crippen molar-refractivity contribution in [2.75, 3.05) is 19.8 Å². The number of phosphoric ester groups is 1. The lowest BCUT2D eigenvalue weighted by Crippen LogP contribution is -2.59. The average molecular weight is 511 g/mol. The molecule has 4 N–H and O–H groups in total. The first-order valence-electron chi connectivity index (χ1n) is 8.34. The zero-order valence-corrected chi connectivity index (χ0v) is 18.2. The molecule has 0 saturated carbocycles. The van der Waals surface area contributed by atoms with Crippen LogP contribution in [-0.4, -0.2) is 70.1 Å². The van der Waals surface area contributed by atoms with Gasteiger partial charge < -0.3 is 39.0 Å². The molecular formula is C11H18N2O15P3-3. The van der Waals surface area contributed by atoms with Crippen molar-refractivity contribution in [2.45, 2.75) is 25.4 Å². The average Bonchev–Trinajstić information content (AvgIpc) is 2.88. The van der Waals surface area contributed by atoms with Gasteiger partial charge in [0.15, 0.2) is 6.23 Å². The Labute approximate surface area is 174 Å². The summed E-state index contributed by atoms with van der Waals surface area (Å²) in [4.78, 5) is 66.1. The Morgan fingerprint density at radius 3 is 2.35 bits per heavy atom. The van der Waals surface area contributed by atoms with Gasteiger partial charge in [0.05, 0.1) is 25.2 Å². The van der Waals surface area contributed by atoms with E-state index in [-0.39, 0.29) is 6.54 Å². The standard InChI is InChI=1S/C11H21N2O15P3/c1-5-2-13(11(17)12-9(5)16)10-8(15)6(3-14)7(26-10)4-25-30(21,22)28-31(23,24)27-29(18,19)20/h5-8,10,14-15H,2-4H2,1H3,(H,21,22)(H,23,24)(H,12,16,17)(H2,18,19,20)/p-3/t5?,6-,7-,8-,10-/m1/s1. The van der Waals surface area contributed by atoms with Crippen LogP contribution in [0.5, 0.6) is 0 Å². The lowest BCUT2D eigenvalue weighted by atomic mass is 9.98. The number of hydrogen-bond donors (Lipinski definition) is 4. The second kappa shape index (κ2) is 9.61. The van der Waals surface area contributed by atoms with E-state index < -0.39 is 78.9 Å². The maximum absolute atomic E-state index is 12.0. The Morgan fingerprint density at radius 1 is 1.19 bits per heavy atom. The van der Waals surface area contributed by atoms with Gasteiger partial charge in [0, 0.05) is 12.5 Å². The molecule has 0 radical (unpaired) electrons. The van der Waals surface area contributed by atoms with E-state index in [1.54, 1.807) is 0 Å². The second-order valence-electron chi connectivity index (χ2n) is 6.57. The number of urea groups is 1. The van der Waals surface area contributed by atoms with Gasteiger partial charge in [0.2, 0.25) is 5.91 Å². The fraction of sp³-hybridized carbons (Fsp3) is 0.818. The number of imide groups is 1. The SMILES string of the molecule is CC1CN([C@@H]2O[C@H](COP(=O)([O-])OP(=O)([O-])OP(=O)([O-])O)[C@@H](CO)[C@H]2O)C(=O)NC1=O. The maximum atomic E-state index is 12.0. The number of nitrogens with zero attached hydrogens (tertiary/aromatic N) is 1. The van der Waals surface area contributed by atoms with Gasteiger partial charge in [-0.25, -0.2) is 13.4 Å². The minimum atomic E-state index is -6.10. The molecule has 2 heterocycles. The number of aliphatic hydroxyl groups is 2. The first-order chi connectivity index (χ1) is 14.1. The van der Waals surface area contributed by atoms with E-state index in [4.69, 9.17) is 9.63 Å². The number of carbonyl (C=O) groups is 2. The van der Waals surface area contributed by atoms with Crippen molar-refractivity contribution in [3.05, 3.63) is 0 Å². The van der Waals surface area contributed by atoms with E-state index in [2.05, 4.69) is 13.1 Å². The number of carbonyl (C=O) groups excluding carboxylic acids is 2. The number of nitrogens with one attached hydrogen (secondary N) is 1. The predicted octanol–water partition coefficient (Wildman–Crippen LogP) is -3.68. The fourth-order valence-electron chi connectivity index (χ4n) is 2.87. The summed E-state index contributed by atoms with van der Waals surface area (Å²) in [5.74, 6) is -2.44. The smallest absolute Gasteiger partial charge is 0.326 e. The van der Waals surface area contributed by atoms with Crippen molar-refractivity contribution in [1.29, 1.82) is 0 Å². The summed E-state index contributed by atoms with van der Waals surface area (Å²) in [6, 6.07) is -0.904. The zero-order valence-electron chi connectivity index (χ0n) is 15.5. The summed E-state index contributed by atoms with van der Waals surface area (Å²) in [5.41, 5.74) is 0. The first kappa shape index (κ1) is 26.5. The molecule has 8 atom stereocenters. The maximum Gasteiger partial charge on any atom is 0.326 e. The Hall–Kier alpha value is -0.770. The van der Waals surface area contributed by atoms with E-state index in [9.17, 15) is 48.2 Å². The van der Waals surface area contributed by atoms with Crippen LogP contribution >= 0.6 is 23.5 Å². The minimum absolute atomic E-state index is 0.158. The Kier molecular flexibility index (Phi) is 8.21. The van der Waals surface area contributed by atoms with Crippen molar-refractivity contribution in [2.24, 2.45) is 11.8 Å². The van der Waals surface area contributed by atoms with Gasteiger partial charge in [-0.3, -0.25) is 28.7 Å². The molecule has 2 rings (SSSR count). The number of amides is 3. The lowest BCUT2D eigenvalue weighted by molar-refractivity contribution is -0.250. The molecule has 180 valence electrons. The highest BCUT2D eigenvalue weighted by atomic mass is 31.3. The summed E-state index contributed by atoms with van der Waals surface area (Å²) in [5, 5.41) is 21.8. The third-order valence-corrected chi connectivity index (χ3v) is 7.94. The zero-order chi connectivity index (χ0) is 23.8. The molecule has 4 unspecified atom stereocenters. The highest BCUT2D eigenvalue weighted by Crippen LogP contribution is 2.61. The summed E-state index contributed by atoms with van der Waals surface area (Å²) in [6.07, 6.45) is -4.37. The summed E-state index contributed by atoms with van der Waals surface area (Å²) in [6.45, 7) is -0.472. The molecule has 3 amide bonds. The molecule has 2 aliphatic heterocycles. The van der Waals surface area contributed by atoms with Gasteiger partial charge in [-0.1, -0.05) is 6.92 Å². The van der Waals surface area contributed by atoms with E-state index in [0.717, 1.165) is 4.90 Å². The second-order valence-corrected chi connectivity index (χ2v) is 10.9. The van der Waals surface area contributed by atoms with Crippen molar-refractivity contribution < 1.29 is 71.0 Å². The Bertz CT molecular complexity index is 846. The van der Waals surface area contributed by atoms with Gasteiger partial charge in [0.25, 0.3) is 23.5 Å². The van der Waals surface area contributed by atoms with Gasteiger partial charge in [-0.05, 0) is 0 Å². The van der Waals surface area contributed by atoms with Crippen LogP contribution in [0.4, 0.5) is 4.79 Å².